The third-order valence-electron chi connectivity index (χ3n) is 7.94. The molecule has 5 heteroatoms. The zero-order valence-electron chi connectivity index (χ0n) is 24.0. The van der Waals surface area contributed by atoms with E-state index in [1.165, 1.54) is 5.56 Å². The van der Waals surface area contributed by atoms with Crippen molar-refractivity contribution in [1.82, 2.24) is 10.2 Å². The van der Waals surface area contributed by atoms with Gasteiger partial charge in [0.05, 0.1) is 24.0 Å². The maximum Gasteiger partial charge on any atom is 0.126 e. The van der Waals surface area contributed by atoms with Gasteiger partial charge in [-0.1, -0.05) is 87.3 Å². The molecule has 1 aliphatic heterocycles. The predicted molar refractivity (Wildman–Crippen MR) is 168 cm³/mol. The Morgan fingerprint density at radius 3 is 2.40 bits per heavy atom. The van der Waals surface area contributed by atoms with Crippen molar-refractivity contribution < 1.29 is 4.39 Å². The molecule has 1 atom stereocenters. The summed E-state index contributed by atoms with van der Waals surface area (Å²) in [6.07, 6.45) is 6.24. The van der Waals surface area contributed by atoms with Crippen LogP contribution in [0.1, 0.15) is 43.7 Å². The smallest absolute Gasteiger partial charge is 0.126 e. The Bertz CT molecular complexity index is 1300. The Morgan fingerprint density at radius 2 is 1.70 bits per heavy atom. The number of hydrogen-bond acceptors (Lipinski definition) is 4. The average Bonchev–Trinajstić information content (AvgIpc) is 3.51. The van der Waals surface area contributed by atoms with E-state index in [1.54, 1.807) is 18.3 Å². The highest BCUT2D eigenvalue weighted by molar-refractivity contribution is 5.70. The molecule has 0 bridgehead atoms. The zero-order chi connectivity index (χ0) is 28.5. The predicted octanol–water partition coefficient (Wildman–Crippen LogP) is 7.84. The normalized spacial score (nSPS) is 16.8. The second-order valence-corrected chi connectivity index (χ2v) is 11.0. The quantitative estimate of drug-likeness (QED) is 0.260. The third-order valence-corrected chi connectivity index (χ3v) is 7.94. The van der Waals surface area contributed by atoms with E-state index < -0.39 is 0 Å². The molecule has 1 aliphatic carbocycles. The number of likely N-dealkylation sites (tertiary alicyclic amines) is 1. The second-order valence-electron chi connectivity index (χ2n) is 11.0. The minimum Gasteiger partial charge on any atom is -0.383 e. The van der Waals surface area contributed by atoms with Gasteiger partial charge in [0.15, 0.2) is 0 Å². The molecule has 1 heterocycles. The highest BCUT2D eigenvalue weighted by atomic mass is 19.1. The summed E-state index contributed by atoms with van der Waals surface area (Å²) in [7, 11) is 2.10. The van der Waals surface area contributed by atoms with Crippen LogP contribution in [0.2, 0.25) is 0 Å². The van der Waals surface area contributed by atoms with E-state index in [4.69, 9.17) is 0 Å². The minimum atomic E-state index is -0.0486. The SMILES string of the molecule is C=CNc1ccccc1N(C)CC(=C)N1CCCC1C(=C)NCc1ccccc1.CC1(c2ccccc2F)CC1. The summed E-state index contributed by atoms with van der Waals surface area (Å²) >= 11 is 0. The number of halogens is 1. The Kier molecular flexibility index (Phi) is 9.70. The summed E-state index contributed by atoms with van der Waals surface area (Å²) in [5, 5.41) is 6.74. The molecule has 1 unspecified atom stereocenters. The first-order valence-corrected chi connectivity index (χ1v) is 14.2. The molecule has 2 N–H and O–H groups in total. The van der Waals surface area contributed by atoms with E-state index in [0.717, 1.165) is 73.6 Å². The van der Waals surface area contributed by atoms with Gasteiger partial charge in [-0.05, 0) is 66.6 Å². The fraction of sp³-hybridized carbons (Fsp3) is 0.314. The fourth-order valence-corrected chi connectivity index (χ4v) is 5.33. The van der Waals surface area contributed by atoms with Gasteiger partial charge < -0.3 is 20.4 Å². The highest BCUT2D eigenvalue weighted by Crippen LogP contribution is 2.48. The van der Waals surface area contributed by atoms with E-state index in [0.29, 0.717) is 6.04 Å². The van der Waals surface area contributed by atoms with Crippen LogP contribution in [0.3, 0.4) is 0 Å². The van der Waals surface area contributed by atoms with Crippen LogP contribution >= 0.6 is 0 Å². The summed E-state index contributed by atoms with van der Waals surface area (Å²) in [6, 6.07) is 26.1. The molecule has 0 aromatic heterocycles. The van der Waals surface area contributed by atoms with Crippen molar-refractivity contribution >= 4 is 11.4 Å². The van der Waals surface area contributed by atoms with Gasteiger partial charge in [0.2, 0.25) is 0 Å². The number of benzene rings is 3. The topological polar surface area (TPSA) is 30.5 Å². The number of para-hydroxylation sites is 2. The van der Waals surface area contributed by atoms with Crippen molar-refractivity contribution in [2.75, 3.05) is 30.4 Å². The maximum atomic E-state index is 13.1. The van der Waals surface area contributed by atoms with Crippen LogP contribution in [0, 0.1) is 5.82 Å². The van der Waals surface area contributed by atoms with Crippen molar-refractivity contribution in [3.8, 4) is 0 Å². The van der Waals surface area contributed by atoms with Crippen molar-refractivity contribution in [3.05, 3.63) is 133 Å². The average molecular weight is 539 g/mol. The standard InChI is InChI=1S/C25H32N4.C10H11F/c1-5-26-23-14-9-10-15-25(23)28(4)19-20(2)29-17-11-16-24(29)21(3)27-18-22-12-7-6-8-13-22;1-10(6-7-10)8-4-2-3-5-9(8)11/h5-10,12-15,24,26-27H,1-3,11,16-19H2,4H3;2-5H,6-7H2,1H3. The van der Waals surface area contributed by atoms with Crippen molar-refractivity contribution in [2.24, 2.45) is 0 Å². The lowest BCUT2D eigenvalue weighted by atomic mass is 9.98. The number of nitrogens with one attached hydrogen (secondary N) is 2. The first-order chi connectivity index (χ1) is 19.3. The number of hydrogen-bond donors (Lipinski definition) is 2. The van der Waals surface area contributed by atoms with Crippen LogP contribution in [0.4, 0.5) is 15.8 Å². The monoisotopic (exact) mass is 538 g/mol. The van der Waals surface area contributed by atoms with Gasteiger partial charge in [-0.2, -0.15) is 0 Å². The number of likely N-dealkylation sites (N-methyl/N-ethyl adjacent to an activating group) is 1. The Labute approximate surface area is 239 Å². The van der Waals surface area contributed by atoms with E-state index >= 15 is 0 Å². The largest absolute Gasteiger partial charge is 0.383 e. The van der Waals surface area contributed by atoms with Crippen molar-refractivity contribution in [3.63, 3.8) is 0 Å². The van der Waals surface area contributed by atoms with Crippen LogP contribution in [0.5, 0.6) is 0 Å². The summed E-state index contributed by atoms with van der Waals surface area (Å²) in [5.74, 6) is -0.0486. The third kappa shape index (κ3) is 7.35. The summed E-state index contributed by atoms with van der Waals surface area (Å²) in [4.78, 5) is 4.63. The molecule has 2 aliphatic rings. The van der Waals surface area contributed by atoms with E-state index in [1.807, 2.05) is 24.3 Å². The summed E-state index contributed by atoms with van der Waals surface area (Å²) in [5.41, 5.74) is 6.68. The first kappa shape index (κ1) is 29.0. The molecule has 0 amide bonds. The lowest BCUT2D eigenvalue weighted by Gasteiger charge is -2.33. The molecule has 3 aromatic rings. The summed E-state index contributed by atoms with van der Waals surface area (Å²) in [6.45, 7) is 17.2. The molecule has 4 nitrogen and oxygen atoms in total. The Hall–Kier alpha value is -3.99. The molecule has 5 rings (SSSR count). The molecule has 0 radical (unpaired) electrons. The molecule has 2 fully saturated rings. The van der Waals surface area contributed by atoms with Gasteiger partial charge >= 0.3 is 0 Å². The number of anilines is 2. The maximum absolute atomic E-state index is 13.1. The van der Waals surface area contributed by atoms with Crippen LogP contribution < -0.4 is 15.5 Å². The molecule has 3 aromatic carbocycles. The Morgan fingerprint density at radius 1 is 1.02 bits per heavy atom. The number of rotatable bonds is 11. The van der Waals surface area contributed by atoms with Gasteiger partial charge in [0.1, 0.15) is 5.82 Å². The van der Waals surface area contributed by atoms with E-state index in [9.17, 15) is 4.39 Å². The van der Waals surface area contributed by atoms with Gasteiger partial charge in [0.25, 0.3) is 0 Å². The fourth-order valence-electron chi connectivity index (χ4n) is 5.33. The highest BCUT2D eigenvalue weighted by Gasteiger charge is 2.40. The molecule has 40 heavy (non-hydrogen) atoms. The molecular weight excluding hydrogens is 495 g/mol. The molecule has 0 spiro atoms. The molecular formula is C35H43FN4. The van der Waals surface area contributed by atoms with E-state index in [2.05, 4.69) is 96.6 Å². The number of nitrogens with zero attached hydrogens (tertiary/aromatic N) is 2. The van der Waals surface area contributed by atoms with Crippen molar-refractivity contribution in [2.45, 2.75) is 50.6 Å². The van der Waals surface area contributed by atoms with Gasteiger partial charge in [-0.3, -0.25) is 0 Å². The Balaban J connectivity index is 0.000000278. The van der Waals surface area contributed by atoms with Gasteiger partial charge in [-0.25, -0.2) is 4.39 Å². The van der Waals surface area contributed by atoms with Crippen LogP contribution in [0.25, 0.3) is 0 Å². The zero-order valence-corrected chi connectivity index (χ0v) is 24.0. The molecule has 210 valence electrons. The molecule has 1 saturated carbocycles. The van der Waals surface area contributed by atoms with Crippen molar-refractivity contribution in [1.29, 1.82) is 0 Å². The van der Waals surface area contributed by atoms with Gasteiger partial charge in [-0.15, -0.1) is 0 Å². The first-order valence-electron chi connectivity index (χ1n) is 14.2. The van der Waals surface area contributed by atoms with Crippen LogP contribution in [-0.2, 0) is 12.0 Å². The lowest BCUT2D eigenvalue weighted by molar-refractivity contribution is 0.339. The van der Waals surface area contributed by atoms with Crippen LogP contribution in [-0.4, -0.2) is 31.1 Å². The minimum absolute atomic E-state index is 0.0486. The van der Waals surface area contributed by atoms with Crippen LogP contribution in [0.15, 0.2) is 116 Å². The molecule has 1 saturated heterocycles. The lowest BCUT2D eigenvalue weighted by Crippen LogP contribution is -2.38. The van der Waals surface area contributed by atoms with E-state index in [-0.39, 0.29) is 11.2 Å². The van der Waals surface area contributed by atoms with Gasteiger partial charge in [0, 0.05) is 31.5 Å². The summed E-state index contributed by atoms with van der Waals surface area (Å²) < 4.78 is 13.1. The second kappa shape index (κ2) is 13.4.